The smallest absolute Gasteiger partial charge is 0.244 e. The average molecular weight is 288 g/mol. The van der Waals surface area contributed by atoms with Crippen LogP contribution in [0.5, 0.6) is 5.75 Å². The van der Waals surface area contributed by atoms with Crippen molar-refractivity contribution in [3.8, 4) is 5.75 Å². The zero-order valence-electron chi connectivity index (χ0n) is 11.3. The molecule has 0 saturated heterocycles. The van der Waals surface area contributed by atoms with Crippen molar-refractivity contribution in [1.82, 2.24) is 4.72 Å². The fraction of sp³-hybridized carbons (Fsp3) is 0.500. The Morgan fingerprint density at radius 1 is 1.37 bits per heavy atom. The molecule has 0 heterocycles. The van der Waals surface area contributed by atoms with E-state index in [1.807, 2.05) is 0 Å². The first-order valence-corrected chi connectivity index (χ1v) is 7.32. The first-order chi connectivity index (χ1) is 8.94. The number of methoxy groups -OCH3 is 2. The van der Waals surface area contributed by atoms with Crippen molar-refractivity contribution in [1.29, 1.82) is 0 Å². The normalized spacial score (nSPS) is 13.3. The van der Waals surface area contributed by atoms with E-state index >= 15 is 0 Å². The molecule has 0 bridgehead atoms. The molecule has 1 atom stereocenters. The lowest BCUT2D eigenvalue weighted by atomic mass is 10.2. The highest BCUT2D eigenvalue weighted by molar-refractivity contribution is 7.89. The second-order valence-corrected chi connectivity index (χ2v) is 5.82. The molecule has 0 radical (unpaired) electrons. The van der Waals surface area contributed by atoms with Crippen molar-refractivity contribution in [2.24, 2.45) is 5.73 Å². The van der Waals surface area contributed by atoms with Gasteiger partial charge in [-0.2, -0.15) is 0 Å². The maximum Gasteiger partial charge on any atom is 0.244 e. The van der Waals surface area contributed by atoms with Gasteiger partial charge in [0, 0.05) is 20.2 Å². The minimum absolute atomic E-state index is 0.0931. The van der Waals surface area contributed by atoms with Gasteiger partial charge in [0.2, 0.25) is 10.0 Å². The summed E-state index contributed by atoms with van der Waals surface area (Å²) in [4.78, 5) is 0.0931. The minimum atomic E-state index is -3.63. The predicted molar refractivity (Wildman–Crippen MR) is 72.5 cm³/mol. The van der Waals surface area contributed by atoms with E-state index in [1.165, 1.54) is 20.3 Å². The number of nitrogens with two attached hydrogens (primary N) is 1. The van der Waals surface area contributed by atoms with E-state index in [9.17, 15) is 8.42 Å². The van der Waals surface area contributed by atoms with Crippen LogP contribution < -0.4 is 15.2 Å². The van der Waals surface area contributed by atoms with E-state index in [0.717, 1.165) is 5.56 Å². The van der Waals surface area contributed by atoms with Crippen molar-refractivity contribution in [2.75, 3.05) is 20.8 Å². The zero-order chi connectivity index (χ0) is 14.5. The number of benzene rings is 1. The Kier molecular flexibility index (Phi) is 5.74. The van der Waals surface area contributed by atoms with Crippen LogP contribution in [0.25, 0.3) is 0 Å². The standard InChI is InChI=1S/C12H20N2O4S/c1-9(17-2)8-14-19(15,16)12-5-4-10(7-13)6-11(12)18-3/h4-6,9,14H,7-8,13H2,1-3H3. The summed E-state index contributed by atoms with van der Waals surface area (Å²) in [6, 6.07) is 4.77. The Hall–Kier alpha value is -1.15. The Bertz CT molecular complexity index is 516. The molecule has 19 heavy (non-hydrogen) atoms. The second kappa shape index (κ2) is 6.85. The number of sulfonamides is 1. The van der Waals surface area contributed by atoms with Gasteiger partial charge < -0.3 is 15.2 Å². The molecule has 0 aromatic heterocycles. The van der Waals surface area contributed by atoms with Gasteiger partial charge in [0.1, 0.15) is 10.6 Å². The summed E-state index contributed by atoms with van der Waals surface area (Å²) in [5.74, 6) is 0.278. The summed E-state index contributed by atoms with van der Waals surface area (Å²) in [6.07, 6.45) is -0.205. The van der Waals surface area contributed by atoms with Gasteiger partial charge in [0.15, 0.2) is 0 Å². The molecule has 0 aliphatic carbocycles. The fourth-order valence-electron chi connectivity index (χ4n) is 1.45. The van der Waals surface area contributed by atoms with Crippen LogP contribution >= 0.6 is 0 Å². The summed E-state index contributed by atoms with van der Waals surface area (Å²) in [7, 11) is -0.683. The Morgan fingerprint density at radius 3 is 2.58 bits per heavy atom. The SMILES string of the molecule is COc1cc(CN)ccc1S(=O)(=O)NCC(C)OC. The van der Waals surface area contributed by atoms with Crippen molar-refractivity contribution in [3.63, 3.8) is 0 Å². The van der Waals surface area contributed by atoms with Crippen molar-refractivity contribution < 1.29 is 17.9 Å². The molecule has 3 N–H and O–H groups in total. The second-order valence-electron chi connectivity index (χ2n) is 4.09. The van der Waals surface area contributed by atoms with E-state index < -0.39 is 10.0 Å². The first-order valence-electron chi connectivity index (χ1n) is 5.84. The molecule has 0 saturated carbocycles. The molecule has 1 rings (SSSR count). The van der Waals surface area contributed by atoms with Gasteiger partial charge in [0.05, 0.1) is 13.2 Å². The highest BCUT2D eigenvalue weighted by Crippen LogP contribution is 2.24. The van der Waals surface area contributed by atoms with E-state index in [1.54, 1.807) is 19.1 Å². The lowest BCUT2D eigenvalue weighted by Crippen LogP contribution is -2.31. The highest BCUT2D eigenvalue weighted by atomic mass is 32.2. The van der Waals surface area contributed by atoms with Crippen molar-refractivity contribution in [2.45, 2.75) is 24.5 Å². The van der Waals surface area contributed by atoms with Crippen LogP contribution in [-0.2, 0) is 21.3 Å². The summed E-state index contributed by atoms with van der Waals surface area (Å²) in [5, 5.41) is 0. The van der Waals surface area contributed by atoms with Crippen molar-refractivity contribution >= 4 is 10.0 Å². The van der Waals surface area contributed by atoms with Crippen LogP contribution in [0, 0.1) is 0 Å². The van der Waals surface area contributed by atoms with E-state index in [-0.39, 0.29) is 23.3 Å². The Morgan fingerprint density at radius 2 is 2.05 bits per heavy atom. The lowest BCUT2D eigenvalue weighted by Gasteiger charge is -2.14. The van der Waals surface area contributed by atoms with E-state index in [0.29, 0.717) is 6.54 Å². The maximum atomic E-state index is 12.2. The van der Waals surface area contributed by atoms with Crippen LogP contribution in [0.2, 0.25) is 0 Å². The summed E-state index contributed by atoms with van der Waals surface area (Å²) in [5.41, 5.74) is 6.32. The van der Waals surface area contributed by atoms with Crippen molar-refractivity contribution in [3.05, 3.63) is 23.8 Å². The molecular formula is C12H20N2O4S. The molecule has 0 aliphatic rings. The highest BCUT2D eigenvalue weighted by Gasteiger charge is 2.20. The van der Waals surface area contributed by atoms with Gasteiger partial charge in [-0.3, -0.25) is 0 Å². The Balaban J connectivity index is 3.00. The third-order valence-corrected chi connectivity index (χ3v) is 4.18. The predicted octanol–water partition coefficient (Wildman–Crippen LogP) is 0.467. The number of rotatable bonds is 7. The zero-order valence-corrected chi connectivity index (χ0v) is 12.2. The molecule has 0 fully saturated rings. The third-order valence-electron chi connectivity index (χ3n) is 2.72. The fourth-order valence-corrected chi connectivity index (χ4v) is 2.71. The molecule has 0 spiro atoms. The van der Waals surface area contributed by atoms with E-state index in [4.69, 9.17) is 15.2 Å². The molecule has 1 aromatic carbocycles. The molecule has 108 valence electrons. The van der Waals surface area contributed by atoms with Gasteiger partial charge in [-0.15, -0.1) is 0 Å². The lowest BCUT2D eigenvalue weighted by molar-refractivity contribution is 0.122. The van der Waals surface area contributed by atoms with Gasteiger partial charge in [-0.05, 0) is 24.6 Å². The van der Waals surface area contributed by atoms with Crippen LogP contribution in [-0.4, -0.2) is 35.3 Å². The third kappa shape index (κ3) is 4.17. The molecule has 0 aliphatic heterocycles. The maximum absolute atomic E-state index is 12.2. The largest absolute Gasteiger partial charge is 0.495 e. The molecular weight excluding hydrogens is 268 g/mol. The summed E-state index contributed by atoms with van der Waals surface area (Å²) in [6.45, 7) is 2.29. The number of hydrogen-bond acceptors (Lipinski definition) is 5. The summed E-state index contributed by atoms with van der Waals surface area (Å²) >= 11 is 0. The van der Waals surface area contributed by atoms with Gasteiger partial charge in [0.25, 0.3) is 0 Å². The van der Waals surface area contributed by atoms with Crippen LogP contribution in [0.3, 0.4) is 0 Å². The molecule has 1 aromatic rings. The van der Waals surface area contributed by atoms with Gasteiger partial charge >= 0.3 is 0 Å². The first kappa shape index (κ1) is 15.9. The van der Waals surface area contributed by atoms with Crippen LogP contribution in [0.4, 0.5) is 0 Å². The molecule has 7 heteroatoms. The molecule has 1 unspecified atom stereocenters. The molecule has 6 nitrogen and oxygen atoms in total. The van der Waals surface area contributed by atoms with Crippen LogP contribution in [0.1, 0.15) is 12.5 Å². The number of ether oxygens (including phenoxy) is 2. The average Bonchev–Trinajstić information content (AvgIpc) is 2.43. The minimum Gasteiger partial charge on any atom is -0.495 e. The number of hydrogen-bond donors (Lipinski definition) is 2. The van der Waals surface area contributed by atoms with Gasteiger partial charge in [-0.25, -0.2) is 13.1 Å². The topological polar surface area (TPSA) is 90.7 Å². The van der Waals surface area contributed by atoms with E-state index in [2.05, 4.69) is 4.72 Å². The molecule has 0 amide bonds. The summed E-state index contributed by atoms with van der Waals surface area (Å²) < 4.78 is 36.9. The Labute approximate surface area is 113 Å². The number of nitrogens with one attached hydrogen (secondary N) is 1. The quantitative estimate of drug-likeness (QED) is 0.761. The monoisotopic (exact) mass is 288 g/mol. The van der Waals surface area contributed by atoms with Crippen LogP contribution in [0.15, 0.2) is 23.1 Å². The van der Waals surface area contributed by atoms with Gasteiger partial charge in [-0.1, -0.05) is 6.07 Å².